The molecule has 0 aromatic carbocycles. The van der Waals surface area contributed by atoms with Gasteiger partial charge in [0.15, 0.2) is 0 Å². The van der Waals surface area contributed by atoms with Crippen LogP contribution in [0.1, 0.15) is 40.5 Å². The topological polar surface area (TPSA) is 0 Å². The first-order valence-corrected chi connectivity index (χ1v) is 3.85. The Hall–Kier alpha value is 0.0649. The van der Waals surface area contributed by atoms with Gasteiger partial charge in [-0.2, -0.15) is 0 Å². The maximum absolute atomic E-state index is 6.04. The molecule has 0 aliphatic rings. The average molecular weight is 124 g/mol. The molecule has 0 aliphatic heterocycles. The summed E-state index contributed by atoms with van der Waals surface area (Å²) in [6, 6.07) is 0. The highest BCUT2D eigenvalue weighted by molar-refractivity contribution is 6.15. The van der Waals surface area contributed by atoms with Crippen LogP contribution in [0.3, 0.4) is 0 Å². The van der Waals surface area contributed by atoms with Gasteiger partial charge < -0.3 is 0 Å². The minimum Gasteiger partial charge on any atom is -0.0656 e. The molecule has 0 spiro atoms. The van der Waals surface area contributed by atoms with E-state index in [4.69, 9.17) is 7.85 Å². The van der Waals surface area contributed by atoms with Gasteiger partial charge in [0, 0.05) is 0 Å². The lowest BCUT2D eigenvalue weighted by Gasteiger charge is -2.31. The van der Waals surface area contributed by atoms with Crippen molar-refractivity contribution in [1.82, 2.24) is 0 Å². The molecule has 0 heterocycles. The molecule has 0 aromatic heterocycles. The molecule has 0 saturated carbocycles. The summed E-state index contributed by atoms with van der Waals surface area (Å²) >= 11 is 0. The van der Waals surface area contributed by atoms with Crippen LogP contribution in [0.4, 0.5) is 0 Å². The van der Waals surface area contributed by atoms with Crippen LogP contribution >= 0.6 is 0 Å². The molecule has 0 saturated heterocycles. The maximum Gasteiger partial charge on any atom is 0.0749 e. The standard InChI is InChI=1S/C8H17B/c1-5-8(9,6-2)7(3)4/h7H,5-6H2,1-4H3. The minimum atomic E-state index is 0.0833. The molecule has 1 heteroatoms. The highest BCUT2D eigenvalue weighted by atomic mass is 14.2. The minimum absolute atomic E-state index is 0.0833. The fourth-order valence-electron chi connectivity index (χ4n) is 1.07. The zero-order valence-electron chi connectivity index (χ0n) is 7.07. The maximum atomic E-state index is 6.04. The molecule has 0 aromatic rings. The largest absolute Gasteiger partial charge is 0.0749 e. The molecule has 0 atom stereocenters. The summed E-state index contributed by atoms with van der Waals surface area (Å²) in [7, 11) is 6.04. The summed E-state index contributed by atoms with van der Waals surface area (Å²) in [5, 5.41) is 0.0833. The molecule has 0 aliphatic carbocycles. The Balaban J connectivity index is 3.92. The number of hydrogen-bond acceptors (Lipinski definition) is 0. The van der Waals surface area contributed by atoms with Gasteiger partial charge in [-0.25, -0.2) is 0 Å². The molecule has 0 N–H and O–H groups in total. The molecule has 2 radical (unpaired) electrons. The van der Waals surface area contributed by atoms with E-state index < -0.39 is 0 Å². The fraction of sp³-hybridized carbons (Fsp3) is 1.00. The van der Waals surface area contributed by atoms with Crippen LogP contribution in [0.2, 0.25) is 5.31 Å². The summed E-state index contributed by atoms with van der Waals surface area (Å²) in [5.41, 5.74) is 0. The quantitative estimate of drug-likeness (QED) is 0.507. The lowest BCUT2D eigenvalue weighted by atomic mass is 9.58. The monoisotopic (exact) mass is 124 g/mol. The van der Waals surface area contributed by atoms with Gasteiger partial charge in [0.2, 0.25) is 0 Å². The van der Waals surface area contributed by atoms with Gasteiger partial charge >= 0.3 is 0 Å². The molecular formula is C8H17B. The van der Waals surface area contributed by atoms with Crippen molar-refractivity contribution in [3.8, 4) is 0 Å². The number of rotatable bonds is 3. The van der Waals surface area contributed by atoms with Crippen molar-refractivity contribution in [3.63, 3.8) is 0 Å². The van der Waals surface area contributed by atoms with E-state index in [1.165, 1.54) is 0 Å². The molecule has 0 unspecified atom stereocenters. The van der Waals surface area contributed by atoms with E-state index >= 15 is 0 Å². The Morgan fingerprint density at radius 3 is 1.56 bits per heavy atom. The first-order chi connectivity index (χ1) is 4.06. The van der Waals surface area contributed by atoms with E-state index in [1.54, 1.807) is 0 Å². The van der Waals surface area contributed by atoms with Crippen molar-refractivity contribution < 1.29 is 0 Å². The molecule has 0 fully saturated rings. The van der Waals surface area contributed by atoms with Crippen LogP contribution in [-0.2, 0) is 0 Å². The second-order valence-corrected chi connectivity index (χ2v) is 3.09. The van der Waals surface area contributed by atoms with Gasteiger partial charge in [0.1, 0.15) is 0 Å². The van der Waals surface area contributed by atoms with Crippen LogP contribution in [0.5, 0.6) is 0 Å². The van der Waals surface area contributed by atoms with E-state index in [0.29, 0.717) is 5.92 Å². The highest BCUT2D eigenvalue weighted by Gasteiger charge is 2.22. The predicted octanol–water partition coefficient (Wildman–Crippen LogP) is 2.79. The normalized spacial score (nSPS) is 12.6. The van der Waals surface area contributed by atoms with E-state index in [2.05, 4.69) is 27.7 Å². The van der Waals surface area contributed by atoms with Crippen LogP contribution in [0.15, 0.2) is 0 Å². The second-order valence-electron chi connectivity index (χ2n) is 3.09. The van der Waals surface area contributed by atoms with Gasteiger partial charge in [-0.15, -0.1) is 0 Å². The zero-order chi connectivity index (χ0) is 7.49. The van der Waals surface area contributed by atoms with E-state index in [9.17, 15) is 0 Å². The van der Waals surface area contributed by atoms with Crippen molar-refractivity contribution in [2.24, 2.45) is 5.92 Å². The van der Waals surface area contributed by atoms with Crippen molar-refractivity contribution >= 4 is 7.85 Å². The van der Waals surface area contributed by atoms with Gasteiger partial charge in [-0.3, -0.25) is 0 Å². The van der Waals surface area contributed by atoms with Gasteiger partial charge in [0.25, 0.3) is 0 Å². The van der Waals surface area contributed by atoms with Crippen molar-refractivity contribution in [2.75, 3.05) is 0 Å². The molecule has 0 bridgehead atoms. The smallest absolute Gasteiger partial charge is 0.0656 e. The van der Waals surface area contributed by atoms with Crippen LogP contribution in [-0.4, -0.2) is 7.85 Å². The molecule has 9 heavy (non-hydrogen) atoms. The van der Waals surface area contributed by atoms with Gasteiger partial charge in [-0.05, 0) is 5.92 Å². The second kappa shape index (κ2) is 3.29. The molecule has 0 nitrogen and oxygen atoms in total. The first kappa shape index (κ1) is 9.06. The summed E-state index contributed by atoms with van der Waals surface area (Å²) in [4.78, 5) is 0. The summed E-state index contributed by atoms with van der Waals surface area (Å²) in [5.74, 6) is 0.604. The van der Waals surface area contributed by atoms with E-state index in [0.717, 1.165) is 12.8 Å². The lowest BCUT2D eigenvalue weighted by Crippen LogP contribution is -2.17. The van der Waals surface area contributed by atoms with Crippen LogP contribution in [0, 0.1) is 5.92 Å². The SMILES string of the molecule is [B]C(CC)(CC)C(C)C. The Morgan fingerprint density at radius 2 is 1.56 bits per heavy atom. The molecule has 0 amide bonds. The average Bonchev–Trinajstić information content (AvgIpc) is 1.86. The van der Waals surface area contributed by atoms with Crippen molar-refractivity contribution in [3.05, 3.63) is 0 Å². The van der Waals surface area contributed by atoms with Crippen LogP contribution < -0.4 is 0 Å². The Kier molecular flexibility index (Phi) is 3.31. The molecular weight excluding hydrogens is 107 g/mol. The zero-order valence-corrected chi connectivity index (χ0v) is 7.07. The summed E-state index contributed by atoms with van der Waals surface area (Å²) in [6.07, 6.45) is 2.17. The number of hydrogen-bond donors (Lipinski definition) is 0. The Morgan fingerprint density at radius 1 is 1.22 bits per heavy atom. The molecule has 52 valence electrons. The van der Waals surface area contributed by atoms with Crippen molar-refractivity contribution in [1.29, 1.82) is 0 Å². The Labute approximate surface area is 60.4 Å². The van der Waals surface area contributed by atoms with Gasteiger partial charge in [-0.1, -0.05) is 45.9 Å². The predicted molar refractivity (Wildman–Crippen MR) is 43.9 cm³/mol. The third-order valence-electron chi connectivity index (χ3n) is 2.47. The Bertz CT molecular complexity index is 72.6. The van der Waals surface area contributed by atoms with E-state index in [1.807, 2.05) is 0 Å². The summed E-state index contributed by atoms with van der Waals surface area (Å²) in [6.45, 7) is 8.69. The third-order valence-corrected chi connectivity index (χ3v) is 2.47. The van der Waals surface area contributed by atoms with E-state index in [-0.39, 0.29) is 5.31 Å². The van der Waals surface area contributed by atoms with Gasteiger partial charge in [0.05, 0.1) is 7.85 Å². The lowest BCUT2D eigenvalue weighted by molar-refractivity contribution is 0.386. The third kappa shape index (κ3) is 2.04. The molecule has 0 rings (SSSR count). The highest BCUT2D eigenvalue weighted by Crippen LogP contribution is 2.38. The summed E-state index contributed by atoms with van der Waals surface area (Å²) < 4.78 is 0. The first-order valence-electron chi connectivity index (χ1n) is 3.85. The fourth-order valence-corrected chi connectivity index (χ4v) is 1.07. The van der Waals surface area contributed by atoms with Crippen molar-refractivity contribution in [2.45, 2.75) is 45.9 Å². The van der Waals surface area contributed by atoms with Crippen LogP contribution in [0.25, 0.3) is 0 Å².